The Bertz CT molecular complexity index is 725. The van der Waals surface area contributed by atoms with E-state index >= 15 is 0 Å². The molecular formula is C16H17N3O. The highest BCUT2D eigenvalue weighted by atomic mass is 16.1. The Balaban J connectivity index is 1.83. The molecule has 4 heteroatoms. The first-order valence-corrected chi connectivity index (χ1v) is 6.73. The van der Waals surface area contributed by atoms with E-state index in [2.05, 4.69) is 21.4 Å². The highest BCUT2D eigenvalue weighted by Gasteiger charge is 2.14. The molecule has 0 spiro atoms. The summed E-state index contributed by atoms with van der Waals surface area (Å²) in [6.07, 6.45) is 4.81. The maximum Gasteiger partial charge on any atom is 0.164 e. The first kappa shape index (κ1) is 12.5. The molecule has 0 fully saturated rings. The number of para-hydroxylation sites is 1. The molecule has 0 atom stereocenters. The number of benzene rings is 1. The molecule has 0 unspecified atom stereocenters. The van der Waals surface area contributed by atoms with Crippen LogP contribution in [0.5, 0.6) is 0 Å². The summed E-state index contributed by atoms with van der Waals surface area (Å²) in [5.74, 6) is 0.890. The molecule has 0 saturated heterocycles. The molecule has 3 rings (SSSR count). The van der Waals surface area contributed by atoms with Crippen molar-refractivity contribution in [3.8, 4) is 0 Å². The van der Waals surface area contributed by atoms with Crippen molar-refractivity contribution < 1.29 is 4.79 Å². The predicted molar refractivity (Wildman–Crippen MR) is 81.3 cm³/mol. The number of fused-ring (bicyclic) bond motifs is 1. The van der Waals surface area contributed by atoms with E-state index in [0.717, 1.165) is 35.2 Å². The van der Waals surface area contributed by atoms with Crippen molar-refractivity contribution in [3.05, 3.63) is 53.9 Å². The van der Waals surface area contributed by atoms with Gasteiger partial charge >= 0.3 is 0 Å². The molecule has 2 heterocycles. The van der Waals surface area contributed by atoms with E-state index in [1.807, 2.05) is 36.7 Å². The van der Waals surface area contributed by atoms with Crippen LogP contribution in [-0.2, 0) is 6.42 Å². The highest BCUT2D eigenvalue weighted by Crippen LogP contribution is 2.26. The van der Waals surface area contributed by atoms with E-state index in [1.165, 1.54) is 5.56 Å². The largest absolute Gasteiger partial charge is 0.371 e. The van der Waals surface area contributed by atoms with Crippen molar-refractivity contribution in [2.45, 2.75) is 13.3 Å². The quantitative estimate of drug-likeness (QED) is 0.621. The van der Waals surface area contributed by atoms with Crippen molar-refractivity contribution >= 4 is 22.5 Å². The van der Waals surface area contributed by atoms with Gasteiger partial charge in [0.1, 0.15) is 5.82 Å². The fraction of sp³-hybridized carbons (Fsp3) is 0.188. The van der Waals surface area contributed by atoms with Gasteiger partial charge in [-0.1, -0.05) is 18.2 Å². The van der Waals surface area contributed by atoms with Crippen molar-refractivity contribution in [2.24, 2.45) is 0 Å². The Kier molecular flexibility index (Phi) is 3.29. The number of hydrogen-bond acceptors (Lipinski definition) is 2. The normalized spacial score (nSPS) is 10.8. The monoisotopic (exact) mass is 267 g/mol. The van der Waals surface area contributed by atoms with Crippen LogP contribution in [0.15, 0.2) is 42.7 Å². The number of H-pyrrole nitrogens is 2. The summed E-state index contributed by atoms with van der Waals surface area (Å²) < 4.78 is 0. The lowest BCUT2D eigenvalue weighted by Crippen LogP contribution is -2.07. The minimum Gasteiger partial charge on any atom is -0.371 e. The molecule has 0 aliphatic carbocycles. The Morgan fingerprint density at radius 3 is 2.85 bits per heavy atom. The van der Waals surface area contributed by atoms with E-state index in [4.69, 9.17) is 0 Å². The molecule has 0 radical (unpaired) electrons. The second kappa shape index (κ2) is 5.25. The minimum atomic E-state index is 0.0756. The van der Waals surface area contributed by atoms with Gasteiger partial charge in [-0.25, -0.2) is 0 Å². The van der Waals surface area contributed by atoms with Crippen LogP contribution in [-0.4, -0.2) is 22.3 Å². The van der Waals surface area contributed by atoms with E-state index in [1.54, 1.807) is 6.92 Å². The number of aromatic amines is 2. The van der Waals surface area contributed by atoms with Gasteiger partial charge in [0.15, 0.2) is 5.78 Å². The Morgan fingerprint density at radius 1 is 1.25 bits per heavy atom. The minimum absolute atomic E-state index is 0.0756. The summed E-state index contributed by atoms with van der Waals surface area (Å²) in [7, 11) is 0. The zero-order valence-corrected chi connectivity index (χ0v) is 11.4. The van der Waals surface area contributed by atoms with Gasteiger partial charge in [-0.2, -0.15) is 0 Å². The summed E-state index contributed by atoms with van der Waals surface area (Å²) in [4.78, 5) is 18.2. The summed E-state index contributed by atoms with van der Waals surface area (Å²) in [6.45, 7) is 2.39. The van der Waals surface area contributed by atoms with Crippen molar-refractivity contribution in [1.29, 1.82) is 0 Å². The molecule has 20 heavy (non-hydrogen) atoms. The summed E-state index contributed by atoms with van der Waals surface area (Å²) >= 11 is 0. The van der Waals surface area contributed by atoms with Crippen LogP contribution in [0, 0.1) is 0 Å². The molecule has 0 saturated carbocycles. The third kappa shape index (κ3) is 2.32. The molecule has 0 bridgehead atoms. The van der Waals surface area contributed by atoms with Crippen LogP contribution >= 0.6 is 0 Å². The van der Waals surface area contributed by atoms with E-state index in [0.29, 0.717) is 0 Å². The van der Waals surface area contributed by atoms with Crippen LogP contribution in [0.25, 0.3) is 10.9 Å². The van der Waals surface area contributed by atoms with E-state index in [-0.39, 0.29) is 5.78 Å². The molecule has 3 aromatic rings. The van der Waals surface area contributed by atoms with E-state index < -0.39 is 0 Å². The third-order valence-corrected chi connectivity index (χ3v) is 3.44. The number of nitrogens with one attached hydrogen (secondary N) is 3. The Hall–Kier alpha value is -2.49. The SMILES string of the molecule is CC(=O)c1c(NCCc2cc[nH]c2)[nH]c2ccccc12. The van der Waals surface area contributed by atoms with Gasteiger partial charge in [-0.05, 0) is 31.0 Å². The first-order chi connectivity index (χ1) is 9.75. The second-order valence-corrected chi connectivity index (χ2v) is 4.87. The lowest BCUT2D eigenvalue weighted by molar-refractivity contribution is 0.102. The number of hydrogen-bond donors (Lipinski definition) is 3. The topological polar surface area (TPSA) is 60.7 Å². The van der Waals surface area contributed by atoms with Gasteiger partial charge in [0.25, 0.3) is 0 Å². The number of anilines is 1. The average Bonchev–Trinajstić information content (AvgIpc) is 3.05. The summed E-state index contributed by atoms with van der Waals surface area (Å²) in [5.41, 5.74) is 2.98. The van der Waals surface area contributed by atoms with Crippen LogP contribution in [0.1, 0.15) is 22.8 Å². The molecule has 3 N–H and O–H groups in total. The zero-order valence-electron chi connectivity index (χ0n) is 11.4. The van der Waals surface area contributed by atoms with Crippen LogP contribution in [0.2, 0.25) is 0 Å². The predicted octanol–water partition coefficient (Wildman–Crippen LogP) is 3.35. The highest BCUT2D eigenvalue weighted by molar-refractivity contribution is 6.11. The van der Waals surface area contributed by atoms with Gasteiger partial charge in [-0.15, -0.1) is 0 Å². The fourth-order valence-electron chi connectivity index (χ4n) is 2.49. The lowest BCUT2D eigenvalue weighted by atomic mass is 10.1. The molecular weight excluding hydrogens is 250 g/mol. The van der Waals surface area contributed by atoms with E-state index in [9.17, 15) is 4.79 Å². The molecule has 0 aliphatic heterocycles. The molecule has 2 aromatic heterocycles. The summed E-state index contributed by atoms with van der Waals surface area (Å²) in [6, 6.07) is 9.93. The lowest BCUT2D eigenvalue weighted by Gasteiger charge is -2.05. The molecule has 0 aliphatic rings. The van der Waals surface area contributed by atoms with Gasteiger partial charge in [0.05, 0.1) is 5.56 Å². The smallest absolute Gasteiger partial charge is 0.164 e. The third-order valence-electron chi connectivity index (χ3n) is 3.44. The van der Waals surface area contributed by atoms with Crippen molar-refractivity contribution in [3.63, 3.8) is 0 Å². The number of carbonyl (C=O) groups is 1. The van der Waals surface area contributed by atoms with Gasteiger partial charge in [0.2, 0.25) is 0 Å². The fourth-order valence-corrected chi connectivity index (χ4v) is 2.49. The standard InChI is InChI=1S/C16H17N3O/c1-11(20)15-13-4-2-3-5-14(13)19-16(15)18-9-7-12-6-8-17-10-12/h2-6,8,10,17-19H,7,9H2,1H3. The first-order valence-electron chi connectivity index (χ1n) is 6.73. The average molecular weight is 267 g/mol. The van der Waals surface area contributed by atoms with Gasteiger partial charge < -0.3 is 15.3 Å². The number of rotatable bonds is 5. The Labute approximate surface area is 117 Å². The molecule has 1 aromatic carbocycles. The van der Waals surface area contributed by atoms with Crippen LogP contribution in [0.3, 0.4) is 0 Å². The Morgan fingerprint density at radius 2 is 2.10 bits per heavy atom. The zero-order chi connectivity index (χ0) is 13.9. The van der Waals surface area contributed by atoms with Gasteiger partial charge in [0, 0.05) is 29.8 Å². The molecule has 102 valence electrons. The number of carbonyl (C=O) groups excluding carboxylic acids is 1. The van der Waals surface area contributed by atoms with Crippen LogP contribution in [0.4, 0.5) is 5.82 Å². The molecule has 4 nitrogen and oxygen atoms in total. The van der Waals surface area contributed by atoms with Crippen molar-refractivity contribution in [2.75, 3.05) is 11.9 Å². The maximum absolute atomic E-state index is 11.9. The second-order valence-electron chi connectivity index (χ2n) is 4.87. The maximum atomic E-state index is 11.9. The van der Waals surface area contributed by atoms with Gasteiger partial charge in [-0.3, -0.25) is 4.79 Å². The van der Waals surface area contributed by atoms with Crippen LogP contribution < -0.4 is 5.32 Å². The number of Topliss-reactive ketones (excluding diaryl/α,β-unsaturated/α-hetero) is 1. The summed E-state index contributed by atoms with van der Waals surface area (Å²) in [5, 5.41) is 4.31. The van der Waals surface area contributed by atoms with Crippen molar-refractivity contribution in [1.82, 2.24) is 9.97 Å². The number of aromatic nitrogens is 2. The molecule has 0 amide bonds. The number of ketones is 1.